The van der Waals surface area contributed by atoms with E-state index in [9.17, 15) is 9.18 Å². The van der Waals surface area contributed by atoms with Gasteiger partial charge < -0.3 is 24.5 Å². The number of anilines is 1. The summed E-state index contributed by atoms with van der Waals surface area (Å²) in [5.74, 6) is 5.92. The quantitative estimate of drug-likeness (QED) is 0.326. The van der Waals surface area contributed by atoms with E-state index in [1.165, 1.54) is 44.9 Å². The number of aromatic nitrogens is 4. The number of hydrogen-bond donors (Lipinski definition) is 1. The summed E-state index contributed by atoms with van der Waals surface area (Å²) in [6.45, 7) is 4.54. The van der Waals surface area contributed by atoms with E-state index in [4.69, 9.17) is 24.7 Å². The van der Waals surface area contributed by atoms with Crippen LogP contribution in [0.25, 0.3) is 22.4 Å². The van der Waals surface area contributed by atoms with Gasteiger partial charge in [0.2, 0.25) is 11.8 Å². The number of methoxy groups -OCH3 is 2. The maximum atomic E-state index is 14.9. The van der Waals surface area contributed by atoms with Gasteiger partial charge in [-0.25, -0.2) is 14.4 Å². The van der Waals surface area contributed by atoms with Crippen molar-refractivity contribution in [3.05, 3.63) is 60.5 Å². The molecule has 4 heterocycles. The smallest absolute Gasteiger partial charge is 0.246 e. The second kappa shape index (κ2) is 9.66. The lowest BCUT2D eigenvalue weighted by Crippen LogP contribution is -2.27. The average Bonchev–Trinajstić information content (AvgIpc) is 3.68. The Labute approximate surface area is 211 Å². The first-order valence-electron chi connectivity index (χ1n) is 11.4. The molecule has 1 aliphatic heterocycles. The highest BCUT2D eigenvalue weighted by atomic mass is 19.1. The van der Waals surface area contributed by atoms with E-state index in [1.54, 1.807) is 15.8 Å². The summed E-state index contributed by atoms with van der Waals surface area (Å²) in [7, 11) is 2.83. The third-order valence-corrected chi connectivity index (χ3v) is 6.20. The van der Waals surface area contributed by atoms with Crippen molar-refractivity contribution in [2.24, 2.45) is 0 Å². The third-order valence-electron chi connectivity index (χ3n) is 6.20. The second-order valence-corrected chi connectivity index (χ2v) is 8.28. The number of nitrogen functional groups attached to an aromatic ring is 1. The molecule has 1 amide bonds. The number of nitrogens with zero attached hydrogens (tertiary/aromatic N) is 5. The fraction of sp³-hybridized carbons (Fsp3) is 0.231. The Kier molecular flexibility index (Phi) is 6.23. The summed E-state index contributed by atoms with van der Waals surface area (Å²) in [4.78, 5) is 22.5. The number of fused-ring (bicyclic) bond motifs is 1. The van der Waals surface area contributed by atoms with Gasteiger partial charge in [-0.05, 0) is 24.5 Å². The van der Waals surface area contributed by atoms with Gasteiger partial charge in [-0.3, -0.25) is 9.48 Å². The van der Waals surface area contributed by atoms with Crippen LogP contribution in [0.5, 0.6) is 11.5 Å². The molecule has 1 unspecified atom stereocenters. The number of hydrogen-bond acceptors (Lipinski definition) is 8. The van der Waals surface area contributed by atoms with Crippen LogP contribution in [0, 0.1) is 17.7 Å². The zero-order valence-electron chi connectivity index (χ0n) is 20.2. The van der Waals surface area contributed by atoms with Gasteiger partial charge in [0.05, 0.1) is 48.5 Å². The Bertz CT molecular complexity index is 1570. The van der Waals surface area contributed by atoms with Crippen molar-refractivity contribution in [2.45, 2.75) is 12.5 Å². The van der Waals surface area contributed by atoms with Crippen molar-refractivity contribution in [3.8, 4) is 34.8 Å². The molecule has 0 aliphatic carbocycles. The van der Waals surface area contributed by atoms with Crippen LogP contribution in [-0.2, 0) is 4.79 Å². The molecule has 1 atom stereocenters. The number of carbonyl (C=O) groups excluding carboxylic acids is 1. The average molecular weight is 503 g/mol. The first-order valence-corrected chi connectivity index (χ1v) is 11.4. The fourth-order valence-corrected chi connectivity index (χ4v) is 4.39. The minimum absolute atomic E-state index is 0.00401. The van der Waals surface area contributed by atoms with E-state index in [1.807, 2.05) is 0 Å². The molecule has 1 fully saturated rings. The monoisotopic (exact) mass is 502 g/mol. The molecule has 0 bridgehead atoms. The normalized spacial score (nSPS) is 14.9. The highest BCUT2D eigenvalue weighted by molar-refractivity contribution is 6.01. The Hall–Kier alpha value is -4.85. The van der Waals surface area contributed by atoms with Crippen LogP contribution in [0.3, 0.4) is 0 Å². The molecule has 4 aromatic rings. The molecule has 3 aromatic heterocycles. The van der Waals surface area contributed by atoms with Crippen molar-refractivity contribution in [2.75, 3.05) is 33.0 Å². The highest BCUT2D eigenvalue weighted by Crippen LogP contribution is 2.36. The zero-order valence-corrected chi connectivity index (χ0v) is 20.2. The molecule has 37 heavy (non-hydrogen) atoms. The number of carbonyl (C=O) groups is 1. The summed E-state index contributed by atoms with van der Waals surface area (Å²) in [6.07, 6.45) is 6.48. The minimum atomic E-state index is -0.625. The van der Waals surface area contributed by atoms with Crippen LogP contribution in [0.4, 0.5) is 10.2 Å². The van der Waals surface area contributed by atoms with E-state index in [0.29, 0.717) is 53.3 Å². The van der Waals surface area contributed by atoms with Crippen LogP contribution in [0.2, 0.25) is 0 Å². The Morgan fingerprint density at radius 3 is 2.84 bits per heavy atom. The number of nitrogens with two attached hydrogens (primary N) is 1. The van der Waals surface area contributed by atoms with Gasteiger partial charge in [-0.15, -0.1) is 0 Å². The lowest BCUT2D eigenvalue weighted by atomic mass is 10.1. The largest absolute Gasteiger partial charge is 0.497 e. The number of pyridine rings is 1. The summed E-state index contributed by atoms with van der Waals surface area (Å²) >= 11 is 0. The van der Waals surface area contributed by atoms with Gasteiger partial charge in [-0.2, -0.15) is 5.10 Å². The second-order valence-electron chi connectivity index (χ2n) is 8.28. The molecule has 5 rings (SSSR count). The molecular formula is C26H23FN6O4. The van der Waals surface area contributed by atoms with Gasteiger partial charge in [0.25, 0.3) is 0 Å². The molecule has 2 N–H and O–H groups in total. The van der Waals surface area contributed by atoms with E-state index in [0.717, 1.165) is 0 Å². The molecule has 1 aliphatic rings. The number of ether oxygens (including phenoxy) is 2. The van der Waals surface area contributed by atoms with Crippen LogP contribution in [0.1, 0.15) is 23.7 Å². The maximum Gasteiger partial charge on any atom is 0.246 e. The van der Waals surface area contributed by atoms with E-state index in [2.05, 4.69) is 28.4 Å². The van der Waals surface area contributed by atoms with E-state index in [-0.39, 0.29) is 29.1 Å². The van der Waals surface area contributed by atoms with Crippen molar-refractivity contribution >= 4 is 22.6 Å². The number of rotatable bonds is 5. The first kappa shape index (κ1) is 23.9. The van der Waals surface area contributed by atoms with E-state index < -0.39 is 5.82 Å². The molecule has 0 saturated carbocycles. The van der Waals surface area contributed by atoms with Gasteiger partial charge in [-0.1, -0.05) is 12.5 Å². The van der Waals surface area contributed by atoms with Gasteiger partial charge >= 0.3 is 0 Å². The van der Waals surface area contributed by atoms with Crippen LogP contribution < -0.4 is 15.2 Å². The third kappa shape index (κ3) is 4.23. The molecule has 11 heteroatoms. The molecule has 1 saturated heterocycles. The van der Waals surface area contributed by atoms with Crippen molar-refractivity contribution < 1.29 is 23.1 Å². The molecule has 0 spiro atoms. The summed E-state index contributed by atoms with van der Waals surface area (Å²) in [5, 5.41) is 5.24. The topological polar surface area (TPSA) is 122 Å². The summed E-state index contributed by atoms with van der Waals surface area (Å²) in [5.41, 5.74) is 7.84. The lowest BCUT2D eigenvalue weighted by Gasteiger charge is -2.16. The van der Waals surface area contributed by atoms with Crippen LogP contribution in [-0.4, -0.2) is 57.9 Å². The Morgan fingerprint density at radius 2 is 2.14 bits per heavy atom. The Morgan fingerprint density at radius 1 is 1.30 bits per heavy atom. The predicted molar refractivity (Wildman–Crippen MR) is 133 cm³/mol. The summed E-state index contributed by atoms with van der Waals surface area (Å²) in [6, 6.07) is 2.73. The standard InChI is InChI=1S/C26H23FN6O4/c1-4-21(34)32-9-7-16(14-32)33-24-18(26-29-8-10-37-26)13-30-25(28)22(24)19(31-33)6-5-15-11-17(35-2)12-20(36-3)23(15)27/h4,8,10-13,16H,1,7,9,14H2,2-3H3,(H2,28,30). The zero-order chi connectivity index (χ0) is 26.1. The van der Waals surface area contributed by atoms with Crippen LogP contribution in [0.15, 0.2) is 47.9 Å². The SMILES string of the molecule is C=CC(=O)N1CCC(n2nc(C#Cc3cc(OC)cc(OC)c3F)c3c(N)ncc(-c4ncco4)c32)C1. The van der Waals surface area contributed by atoms with Crippen molar-refractivity contribution in [1.82, 2.24) is 24.6 Å². The molecule has 0 radical (unpaired) electrons. The van der Waals surface area contributed by atoms with E-state index >= 15 is 0 Å². The van der Waals surface area contributed by atoms with Crippen molar-refractivity contribution in [3.63, 3.8) is 0 Å². The number of halogens is 1. The number of benzene rings is 1. The lowest BCUT2D eigenvalue weighted by molar-refractivity contribution is -0.125. The molecule has 188 valence electrons. The fourth-order valence-electron chi connectivity index (χ4n) is 4.39. The molecule has 10 nitrogen and oxygen atoms in total. The highest BCUT2D eigenvalue weighted by Gasteiger charge is 2.31. The first-order chi connectivity index (χ1) is 17.9. The van der Waals surface area contributed by atoms with Crippen molar-refractivity contribution in [1.29, 1.82) is 0 Å². The molecule has 1 aromatic carbocycles. The van der Waals surface area contributed by atoms with Gasteiger partial charge in [0, 0.05) is 25.4 Å². The molecular weight excluding hydrogens is 479 g/mol. The number of oxazole rings is 1. The minimum Gasteiger partial charge on any atom is -0.497 e. The van der Waals surface area contributed by atoms with Crippen LogP contribution >= 0.6 is 0 Å². The number of amides is 1. The number of likely N-dealkylation sites (tertiary alicyclic amines) is 1. The predicted octanol–water partition coefficient (Wildman–Crippen LogP) is 3.18. The maximum absolute atomic E-state index is 14.9. The Balaban J connectivity index is 1.69. The van der Waals surface area contributed by atoms with Gasteiger partial charge in [0.1, 0.15) is 23.5 Å². The van der Waals surface area contributed by atoms with Gasteiger partial charge in [0.15, 0.2) is 11.6 Å². The summed E-state index contributed by atoms with van der Waals surface area (Å²) < 4.78 is 32.6.